The lowest BCUT2D eigenvalue weighted by molar-refractivity contribution is 0.540. The van der Waals surface area contributed by atoms with Crippen LogP contribution in [0.4, 0.5) is 0 Å². The molecule has 5 aliphatic rings. The molecule has 0 nitrogen and oxygen atoms in total. The van der Waals surface area contributed by atoms with Crippen molar-refractivity contribution in [3.05, 3.63) is 60.8 Å². The van der Waals surface area contributed by atoms with Crippen LogP contribution in [0, 0.1) is 0 Å². The number of rotatable bonds is 1. The highest BCUT2D eigenvalue weighted by Gasteiger charge is 2.00. The Morgan fingerprint density at radius 3 is 0.226 bits per heavy atom. The average Bonchev–Trinajstić information content (AvgIpc) is 3.50. The average molecular weight is 1210 g/mol. The van der Waals surface area contributed by atoms with Gasteiger partial charge in [0.05, 0.1) is 0 Å². The van der Waals surface area contributed by atoms with Gasteiger partial charge in [0.25, 0.3) is 0 Å². The van der Waals surface area contributed by atoms with E-state index in [1.54, 1.807) is 0 Å². The molecule has 84 heavy (non-hydrogen) atoms. The highest BCUT2D eigenvalue weighted by molar-refractivity contribution is 6.25. The predicted molar refractivity (Wildman–Crippen MR) is 390 cm³/mol. The number of alkyl halides is 2. The predicted octanol–water partition coefficient (Wildman–Crippen LogP) is 31.6. The summed E-state index contributed by atoms with van der Waals surface area (Å²) in [6.45, 7) is 0. The smallest absolute Gasteiger partial charge is 0.0359 e. The zero-order chi connectivity index (χ0) is 60.0. The maximum atomic E-state index is 5.05. The van der Waals surface area contributed by atoms with Gasteiger partial charge in [0, 0.05) is 11.8 Å². The van der Waals surface area contributed by atoms with E-state index >= 15 is 0 Å². The molecule has 5 rings (SSSR count). The maximum absolute atomic E-state index is 5.05. The molecule has 0 saturated heterocycles. The van der Waals surface area contributed by atoms with Crippen LogP contribution in [0.5, 0.6) is 0 Å². The molecule has 0 radical (unpaired) electrons. The lowest BCUT2D eigenvalue weighted by atomic mass is 10.0. The van der Waals surface area contributed by atoms with Gasteiger partial charge in [-0.15, -0.1) is 23.2 Å². The lowest BCUT2D eigenvalue weighted by Gasteiger charge is -2.03. The van der Waals surface area contributed by atoms with Crippen molar-refractivity contribution in [1.82, 2.24) is 0 Å². The first-order chi connectivity index (χ1) is 41.9. The van der Waals surface area contributed by atoms with Crippen molar-refractivity contribution in [2.24, 2.45) is 0 Å². The van der Waals surface area contributed by atoms with Gasteiger partial charge in [-0.2, -0.15) is 0 Å². The molecule has 0 aromatic carbocycles. The first kappa shape index (κ1) is 83.3. The Labute approximate surface area is 541 Å². The molecule has 0 aromatic rings. The van der Waals surface area contributed by atoms with Crippen LogP contribution >= 0.6 is 23.2 Å². The molecule has 0 bridgehead atoms. The van der Waals surface area contributed by atoms with Crippen LogP contribution in [-0.2, 0) is 0 Å². The molecule has 0 amide bonds. The van der Waals surface area contributed by atoms with Gasteiger partial charge < -0.3 is 0 Å². The molecule has 0 aliphatic heterocycles. The summed E-state index contributed by atoms with van der Waals surface area (Å²) in [6, 6.07) is 0. The third kappa shape index (κ3) is 81.3. The highest BCUT2D eigenvalue weighted by Crippen LogP contribution is 2.20. The fourth-order valence-electron chi connectivity index (χ4n) is 12.6. The zero-order valence-corrected chi connectivity index (χ0v) is 59.0. The monoisotopic (exact) mass is 1210 g/mol. The molecule has 0 atom stereocenters. The molecule has 0 spiro atoms. The summed E-state index contributed by atoms with van der Waals surface area (Å²) in [7, 11) is 0. The molecule has 0 unspecified atom stereocenters. The number of allylic oxidation sites excluding steroid dienone is 10. The maximum Gasteiger partial charge on any atom is 0.0359 e. The van der Waals surface area contributed by atoms with Crippen LogP contribution in [0.15, 0.2) is 60.8 Å². The molecule has 0 saturated carbocycles. The van der Waals surface area contributed by atoms with E-state index in [-0.39, 0.29) is 0 Å². The van der Waals surface area contributed by atoms with Crippen LogP contribution in [0.3, 0.4) is 0 Å². The molecule has 0 N–H and O–H groups in total. The van der Waals surface area contributed by atoms with Gasteiger partial charge in [0.1, 0.15) is 0 Å². The molecule has 2 heteroatoms. The van der Waals surface area contributed by atoms with Crippen LogP contribution in [0.1, 0.15) is 449 Å². The van der Waals surface area contributed by atoms with Crippen molar-refractivity contribution in [1.29, 1.82) is 0 Å². The van der Waals surface area contributed by atoms with Crippen LogP contribution in [0.25, 0.3) is 0 Å². The van der Waals surface area contributed by atoms with E-state index < -0.39 is 0 Å². The number of hydrogen-bond donors (Lipinski definition) is 0. The Bertz CT molecular complexity index is 961. The second-order valence-corrected chi connectivity index (χ2v) is 27.6. The van der Waals surface area contributed by atoms with Crippen molar-refractivity contribution >= 4 is 23.2 Å². The van der Waals surface area contributed by atoms with Gasteiger partial charge in [0.15, 0.2) is 0 Å². The topological polar surface area (TPSA) is 0 Å². The quantitative estimate of drug-likeness (QED) is 0.181. The Kier molecular flexibility index (Phi) is 81.6. The lowest BCUT2D eigenvalue weighted by Crippen LogP contribution is -1.83. The highest BCUT2D eigenvalue weighted by atomic mass is 35.5. The minimum atomic E-state index is 0.557. The Morgan fingerprint density at radius 2 is 0.167 bits per heavy atom. The zero-order valence-electron chi connectivity index (χ0n) is 57.4. The van der Waals surface area contributed by atoms with Crippen LogP contribution in [0.2, 0.25) is 0 Å². The Morgan fingerprint density at radius 1 is 0.107 bits per heavy atom. The minimum absolute atomic E-state index is 0.557. The molecule has 0 fully saturated rings. The van der Waals surface area contributed by atoms with E-state index in [0.29, 0.717) is 11.8 Å². The molecular weight excluding hydrogens is 1060 g/mol. The van der Waals surface area contributed by atoms with Gasteiger partial charge in [-0.1, -0.05) is 382 Å². The molecule has 5 aliphatic carbocycles. The second-order valence-electron chi connectivity index (χ2n) is 26.8. The molecular formula is C82H154Cl2. The molecule has 0 aromatic heterocycles. The minimum Gasteiger partial charge on any atom is -0.125 e. The van der Waals surface area contributed by atoms with Crippen LogP contribution in [-0.4, -0.2) is 11.8 Å². The largest absolute Gasteiger partial charge is 0.125 e. The van der Waals surface area contributed by atoms with E-state index in [1.807, 2.05) is 0 Å². The van der Waals surface area contributed by atoms with E-state index in [0.717, 1.165) is 0 Å². The summed E-state index contributed by atoms with van der Waals surface area (Å²) in [5.74, 6) is 1.11. The van der Waals surface area contributed by atoms with Crippen molar-refractivity contribution < 1.29 is 0 Å². The van der Waals surface area contributed by atoms with Gasteiger partial charge >= 0.3 is 0 Å². The number of halogens is 2. The number of hydrogen-bond acceptors (Lipinski definition) is 0. The van der Waals surface area contributed by atoms with Crippen molar-refractivity contribution in [2.45, 2.75) is 449 Å². The third-order valence-corrected chi connectivity index (χ3v) is 18.9. The van der Waals surface area contributed by atoms with Gasteiger partial charge in [0.2, 0.25) is 0 Å². The summed E-state index contributed by atoms with van der Waals surface area (Å²) >= 11 is 10.1. The first-order valence-electron chi connectivity index (χ1n) is 39.3. The fraction of sp³-hybridized carbons (Fsp3) is 0.878. The van der Waals surface area contributed by atoms with E-state index in [4.69, 9.17) is 23.2 Å². The fourth-order valence-corrected chi connectivity index (χ4v) is 12.6. The second kappa shape index (κ2) is 82.3. The van der Waals surface area contributed by atoms with Gasteiger partial charge in [-0.3, -0.25) is 0 Å². The summed E-state index contributed by atoms with van der Waals surface area (Å²) < 4.78 is 0. The summed E-state index contributed by atoms with van der Waals surface area (Å²) in [4.78, 5) is 0. The van der Waals surface area contributed by atoms with Crippen LogP contribution < -0.4 is 0 Å². The Hall–Kier alpha value is -0.720. The first-order valence-corrected chi connectivity index (χ1v) is 40.4. The third-order valence-electron chi connectivity index (χ3n) is 18.4. The Balaban J connectivity index is 0.00000101. The van der Waals surface area contributed by atoms with Crippen molar-refractivity contribution in [3.8, 4) is 0 Å². The van der Waals surface area contributed by atoms with E-state index in [2.05, 4.69) is 60.8 Å². The molecule has 0 heterocycles. The molecule has 496 valence electrons. The summed E-state index contributed by atoms with van der Waals surface area (Å²) in [5, 5.41) is 0. The normalized spacial score (nSPS) is 22.3. The van der Waals surface area contributed by atoms with Gasteiger partial charge in [-0.25, -0.2) is 0 Å². The SMILES string of the molecule is C1=CCCCCCCCCCCCCCC1.C1=CCCCCCCCCCCCCCC1.C1=CCCCCCCCCCCCCCC1.C1=CCCCCCCCCCCCCCC1.C1=CCCCCCCCCCCCCCC1.ClCCCl. The van der Waals surface area contributed by atoms with Crippen molar-refractivity contribution in [3.63, 3.8) is 0 Å². The standard InChI is InChI=1S/5C16H30.C2H4Cl2/c5*1-2-4-6-8-10-12-14-16-15-13-11-9-7-5-3-1;3-1-2-4/h5*1-2H,3-16H2;1-2H2. The van der Waals surface area contributed by atoms with E-state index in [9.17, 15) is 0 Å². The van der Waals surface area contributed by atoms with E-state index in [1.165, 1.54) is 449 Å². The summed E-state index contributed by atoms with van der Waals surface area (Å²) in [6.07, 6.45) is 125. The van der Waals surface area contributed by atoms with Gasteiger partial charge in [-0.05, 0) is 128 Å². The van der Waals surface area contributed by atoms with Crippen molar-refractivity contribution in [2.75, 3.05) is 11.8 Å². The summed E-state index contributed by atoms with van der Waals surface area (Å²) in [5.41, 5.74) is 0.